The molecule has 2 aromatic rings. The largest absolute Gasteiger partial charge is 0.351 e. The van der Waals surface area contributed by atoms with Gasteiger partial charge in [0.15, 0.2) is 11.0 Å². The van der Waals surface area contributed by atoms with Crippen molar-refractivity contribution in [2.24, 2.45) is 29.4 Å². The van der Waals surface area contributed by atoms with Crippen molar-refractivity contribution in [3.8, 4) is 10.7 Å². The highest BCUT2D eigenvalue weighted by atomic mass is 32.2. The lowest BCUT2D eigenvalue weighted by molar-refractivity contribution is -0.120. The van der Waals surface area contributed by atoms with E-state index < -0.39 is 11.3 Å². The summed E-state index contributed by atoms with van der Waals surface area (Å²) in [5, 5.41) is 13.5. The topological polar surface area (TPSA) is 103 Å². The maximum absolute atomic E-state index is 12.6. The highest BCUT2D eigenvalue weighted by Crippen LogP contribution is 2.53. The van der Waals surface area contributed by atoms with E-state index in [0.717, 1.165) is 27.7 Å². The third-order valence-corrected chi connectivity index (χ3v) is 8.94. The van der Waals surface area contributed by atoms with Crippen molar-refractivity contribution in [3.63, 3.8) is 0 Å². The van der Waals surface area contributed by atoms with Gasteiger partial charge in [-0.3, -0.25) is 14.7 Å². The van der Waals surface area contributed by atoms with Gasteiger partial charge in [0, 0.05) is 6.04 Å². The number of nitrogens with one attached hydrogen (secondary N) is 1. The first-order chi connectivity index (χ1) is 14.3. The number of hydrogen-bond donors (Lipinski definition) is 2. The van der Waals surface area contributed by atoms with Gasteiger partial charge in [-0.15, -0.1) is 21.5 Å². The van der Waals surface area contributed by atoms with Gasteiger partial charge in [-0.25, -0.2) is 4.79 Å². The quantitative estimate of drug-likeness (QED) is 0.616. The molecule has 162 valence electrons. The number of amides is 3. The average molecular weight is 448 g/mol. The van der Waals surface area contributed by atoms with Crippen LogP contribution in [0.25, 0.3) is 10.7 Å². The van der Waals surface area contributed by atoms with E-state index in [1.165, 1.54) is 37.4 Å². The molecule has 2 aliphatic carbocycles. The molecule has 0 aromatic carbocycles. The van der Waals surface area contributed by atoms with E-state index in [4.69, 9.17) is 5.73 Å². The molecule has 2 heterocycles. The first-order valence-electron chi connectivity index (χ1n) is 10.6. The summed E-state index contributed by atoms with van der Waals surface area (Å²) in [6.45, 7) is 6.18. The molecule has 0 saturated heterocycles. The zero-order valence-electron chi connectivity index (χ0n) is 17.6. The second-order valence-electron chi connectivity index (χ2n) is 8.87. The molecule has 0 spiro atoms. The van der Waals surface area contributed by atoms with Crippen LogP contribution in [0.5, 0.6) is 0 Å². The number of carbonyl (C=O) groups excluding carboxylic acids is 2. The van der Waals surface area contributed by atoms with Crippen molar-refractivity contribution in [1.29, 1.82) is 0 Å². The Balaban J connectivity index is 1.67. The zero-order chi connectivity index (χ0) is 21.4. The van der Waals surface area contributed by atoms with Gasteiger partial charge in [0.05, 0.1) is 10.1 Å². The van der Waals surface area contributed by atoms with Gasteiger partial charge in [0.25, 0.3) is 0 Å². The number of urea groups is 1. The Bertz CT molecular complexity index is 911. The number of nitrogens with two attached hydrogens (primary N) is 1. The molecular formula is C21H29N5O2S2. The second-order valence-corrected chi connectivity index (χ2v) is 10.9. The normalized spacial score (nSPS) is 24.9. The number of thiophene rings is 1. The highest BCUT2D eigenvalue weighted by Gasteiger charge is 2.43. The summed E-state index contributed by atoms with van der Waals surface area (Å²) in [5.41, 5.74) is 5.18. The molecular weight excluding hydrogens is 418 g/mol. The monoisotopic (exact) mass is 447 g/mol. The first kappa shape index (κ1) is 21.4. The van der Waals surface area contributed by atoms with Crippen LogP contribution in [-0.4, -0.2) is 32.0 Å². The number of primary amides is 1. The van der Waals surface area contributed by atoms with Crippen LogP contribution in [-0.2, 0) is 4.79 Å². The van der Waals surface area contributed by atoms with E-state index in [-0.39, 0.29) is 17.9 Å². The van der Waals surface area contributed by atoms with Crippen LogP contribution in [0.2, 0.25) is 0 Å². The Labute approximate surface area is 185 Å². The predicted octanol–water partition coefficient (Wildman–Crippen LogP) is 4.32. The molecule has 0 radical (unpaired) electrons. The number of imide groups is 1. The van der Waals surface area contributed by atoms with Crippen molar-refractivity contribution in [3.05, 3.63) is 17.5 Å². The third-order valence-electron chi connectivity index (χ3n) is 6.57. The maximum atomic E-state index is 12.6. The molecule has 2 fully saturated rings. The van der Waals surface area contributed by atoms with Gasteiger partial charge in [0.2, 0.25) is 5.91 Å². The van der Waals surface area contributed by atoms with E-state index >= 15 is 0 Å². The molecule has 0 aliphatic heterocycles. The summed E-state index contributed by atoms with van der Waals surface area (Å²) in [6.07, 6.45) is 5.27. The third kappa shape index (κ3) is 4.14. The SMILES string of the molecule is CC(C)C(Sc1nnc(-c2cccs2)n1C(C)C1CC2CCC1C2)C(=O)NC(N)=O. The van der Waals surface area contributed by atoms with Gasteiger partial charge in [-0.2, -0.15) is 0 Å². The van der Waals surface area contributed by atoms with E-state index in [1.54, 1.807) is 11.3 Å². The Morgan fingerprint density at radius 2 is 2.07 bits per heavy atom. The number of hydrogen-bond acceptors (Lipinski definition) is 6. The van der Waals surface area contributed by atoms with Crippen LogP contribution in [0.1, 0.15) is 52.5 Å². The number of carbonyl (C=O) groups is 2. The fourth-order valence-corrected chi connectivity index (χ4v) is 7.00. The lowest BCUT2D eigenvalue weighted by Crippen LogP contribution is -2.42. The smallest absolute Gasteiger partial charge is 0.318 e. The first-order valence-corrected chi connectivity index (χ1v) is 12.4. The summed E-state index contributed by atoms with van der Waals surface area (Å²) in [4.78, 5) is 24.9. The molecule has 3 amide bonds. The minimum absolute atomic E-state index is 0.00230. The molecule has 7 nitrogen and oxygen atoms in total. The summed E-state index contributed by atoms with van der Waals surface area (Å²) in [7, 11) is 0. The van der Waals surface area contributed by atoms with Gasteiger partial charge < -0.3 is 5.73 Å². The minimum Gasteiger partial charge on any atom is -0.351 e. The molecule has 9 heteroatoms. The Kier molecular flexibility index (Phi) is 6.20. The molecule has 2 bridgehead atoms. The molecule has 4 rings (SSSR count). The second kappa shape index (κ2) is 8.70. The average Bonchev–Trinajstić information content (AvgIpc) is 3.48. The molecule has 3 N–H and O–H groups in total. The Morgan fingerprint density at radius 1 is 1.27 bits per heavy atom. The number of rotatable bonds is 7. The summed E-state index contributed by atoms with van der Waals surface area (Å²) < 4.78 is 2.23. The van der Waals surface area contributed by atoms with Crippen molar-refractivity contribution < 1.29 is 9.59 Å². The van der Waals surface area contributed by atoms with Crippen LogP contribution in [0.15, 0.2) is 22.7 Å². The van der Waals surface area contributed by atoms with Crippen LogP contribution in [0.4, 0.5) is 4.79 Å². The van der Waals surface area contributed by atoms with E-state index in [9.17, 15) is 9.59 Å². The molecule has 2 aromatic heterocycles. The fraction of sp³-hybridized carbons (Fsp3) is 0.619. The molecule has 30 heavy (non-hydrogen) atoms. The minimum atomic E-state index is -0.831. The van der Waals surface area contributed by atoms with E-state index in [0.29, 0.717) is 5.92 Å². The Hall–Kier alpha value is -1.87. The predicted molar refractivity (Wildman–Crippen MR) is 119 cm³/mol. The van der Waals surface area contributed by atoms with Gasteiger partial charge in [-0.05, 0) is 61.3 Å². The summed E-state index contributed by atoms with van der Waals surface area (Å²) >= 11 is 3.02. The van der Waals surface area contributed by atoms with Crippen molar-refractivity contribution in [2.75, 3.05) is 0 Å². The van der Waals surface area contributed by atoms with Crippen molar-refractivity contribution >= 4 is 35.0 Å². The molecule has 5 unspecified atom stereocenters. The lowest BCUT2D eigenvalue weighted by atomic mass is 9.84. The number of aromatic nitrogens is 3. The number of thioether (sulfide) groups is 1. The molecule has 5 atom stereocenters. The van der Waals surface area contributed by atoms with E-state index in [2.05, 4.69) is 33.1 Å². The lowest BCUT2D eigenvalue weighted by Gasteiger charge is -2.30. The zero-order valence-corrected chi connectivity index (χ0v) is 19.2. The van der Waals surface area contributed by atoms with Crippen molar-refractivity contribution in [2.45, 2.75) is 62.9 Å². The fourth-order valence-electron chi connectivity index (χ4n) is 5.17. The van der Waals surface area contributed by atoms with E-state index in [1.807, 2.05) is 25.3 Å². The number of nitrogens with zero attached hydrogens (tertiary/aromatic N) is 3. The maximum Gasteiger partial charge on any atom is 0.318 e. The van der Waals surface area contributed by atoms with Crippen LogP contribution < -0.4 is 11.1 Å². The van der Waals surface area contributed by atoms with Crippen LogP contribution in [0, 0.1) is 23.7 Å². The Morgan fingerprint density at radius 3 is 2.63 bits per heavy atom. The summed E-state index contributed by atoms with van der Waals surface area (Å²) in [6, 6.07) is 3.50. The molecule has 2 aliphatic rings. The highest BCUT2D eigenvalue weighted by molar-refractivity contribution is 8.00. The molecule has 2 saturated carbocycles. The number of fused-ring (bicyclic) bond motifs is 2. The van der Waals surface area contributed by atoms with Crippen LogP contribution >= 0.6 is 23.1 Å². The van der Waals surface area contributed by atoms with Crippen LogP contribution in [0.3, 0.4) is 0 Å². The van der Waals surface area contributed by atoms with Gasteiger partial charge in [-0.1, -0.05) is 38.1 Å². The summed E-state index contributed by atoms with van der Waals surface area (Å²) in [5.74, 6) is 2.70. The standard InChI is InChI=1S/C21H29N5O2S2/c1-11(2)17(19(27)23-20(22)28)30-21-25-24-18(16-5-4-8-29-16)26(21)12(3)15-10-13-6-7-14(15)9-13/h4-5,8,11-15,17H,6-7,9-10H2,1-3H3,(H3,22,23,27,28). The van der Waals surface area contributed by atoms with Gasteiger partial charge in [0.1, 0.15) is 0 Å². The van der Waals surface area contributed by atoms with Gasteiger partial charge >= 0.3 is 6.03 Å². The van der Waals surface area contributed by atoms with Crippen molar-refractivity contribution in [1.82, 2.24) is 20.1 Å².